The Kier molecular flexibility index (Phi) is 14.4. The number of nitrogens with two attached hydrogens (primary N) is 2. The largest absolute Gasteiger partial charge is 0.478 e. The van der Waals surface area contributed by atoms with E-state index in [0.29, 0.717) is 44.7 Å². The van der Waals surface area contributed by atoms with Gasteiger partial charge in [0.15, 0.2) is 6.61 Å². The molecule has 18 nitrogen and oxygen atoms in total. The Morgan fingerprint density at radius 2 is 0.986 bits per heavy atom. The number of carbonyl (C=O) groups is 7. The van der Waals surface area contributed by atoms with Gasteiger partial charge < -0.3 is 36.0 Å². The van der Waals surface area contributed by atoms with E-state index in [2.05, 4.69) is 10.2 Å². The first kappa shape index (κ1) is 49.0. The maximum Gasteiger partial charge on any atom is 0.340 e. The van der Waals surface area contributed by atoms with E-state index in [1.54, 1.807) is 147 Å². The third-order valence-electron chi connectivity index (χ3n) is 11.1. The number of halogens is 2. The number of pyridine rings is 2. The first-order valence-electron chi connectivity index (χ1n) is 20.8. The van der Waals surface area contributed by atoms with Gasteiger partial charge in [-0.25, -0.2) is 18.6 Å². The minimum absolute atomic E-state index is 0.0308. The number of likely N-dealkylation sites (N-methyl/N-ethyl adjacent to an activating group) is 1. The van der Waals surface area contributed by atoms with Gasteiger partial charge >= 0.3 is 11.9 Å². The van der Waals surface area contributed by atoms with Crippen LogP contribution in [-0.4, -0.2) is 106 Å². The molecule has 0 unspecified atom stereocenters. The number of ether oxygens (including phenoxy) is 1. The van der Waals surface area contributed by atoms with Gasteiger partial charge in [-0.3, -0.25) is 24.0 Å². The predicted octanol–water partition coefficient (Wildman–Crippen LogP) is 7.00. The van der Waals surface area contributed by atoms with Crippen LogP contribution in [-0.2, 0) is 9.53 Å². The van der Waals surface area contributed by atoms with Crippen molar-refractivity contribution in [1.29, 1.82) is 0 Å². The number of carboxylic acid groups (broad SMARTS) is 1. The zero-order chi connectivity index (χ0) is 50.6. The molecule has 5 amide bonds. The van der Waals surface area contributed by atoms with E-state index in [-0.39, 0.29) is 38.9 Å². The van der Waals surface area contributed by atoms with Crippen molar-refractivity contribution in [1.82, 2.24) is 24.1 Å². The van der Waals surface area contributed by atoms with Gasteiger partial charge in [0.25, 0.3) is 17.7 Å². The summed E-state index contributed by atoms with van der Waals surface area (Å²) in [7, 11) is 6.23. The van der Waals surface area contributed by atoms with Crippen LogP contribution < -0.4 is 21.3 Å². The molecule has 0 fully saturated rings. The highest BCUT2D eigenvalue weighted by atomic mass is 35.5. The number of nitrogens with zero attached hydrogens (tertiary/aromatic N) is 7. The zero-order valence-electron chi connectivity index (χ0n) is 37.7. The van der Waals surface area contributed by atoms with Gasteiger partial charge in [0, 0.05) is 85.3 Å². The molecular weight excluding hydrogens is 942 g/mol. The molecule has 0 saturated carbocycles. The van der Waals surface area contributed by atoms with E-state index in [1.165, 1.54) is 39.0 Å². The Morgan fingerprint density at radius 1 is 0.571 bits per heavy atom. The predicted molar refractivity (Wildman–Crippen MR) is 263 cm³/mol. The summed E-state index contributed by atoms with van der Waals surface area (Å²) in [4.78, 5) is 88.9. The second-order valence-corrected chi connectivity index (χ2v) is 16.5. The van der Waals surface area contributed by atoms with Gasteiger partial charge in [-0.15, -0.1) is 0 Å². The summed E-state index contributed by atoms with van der Waals surface area (Å²) in [5, 5.41) is 18.2. The first-order chi connectivity index (χ1) is 33.3. The van der Waals surface area contributed by atoms with Gasteiger partial charge in [-0.2, -0.15) is 10.2 Å². The van der Waals surface area contributed by atoms with E-state index < -0.39 is 30.4 Å². The molecular formula is C50H41Cl2N9O9. The van der Waals surface area contributed by atoms with Crippen LogP contribution in [0.1, 0.15) is 62.1 Å². The Balaban J connectivity index is 0.000000209. The average Bonchev–Trinajstić information content (AvgIpc) is 3.99. The SMILES string of the molecule is CN(C(=O)c1ccn2ncc(-c3ccc(C(N)=O)cc3)c2c1)c1ccc(Cl)c(C(=O)O)c1.CN(C)C(=O)COC(=O)c1cc(N(C)C(=O)c2ccn3ncc(-c4ccc(C(N)=O)cc4)c3c2)ccc1Cl. The zero-order valence-corrected chi connectivity index (χ0v) is 39.2. The topological polar surface area (TPSA) is 245 Å². The Morgan fingerprint density at radius 3 is 1.39 bits per heavy atom. The second-order valence-electron chi connectivity index (χ2n) is 15.7. The standard InChI is InChI=1S/C27H24ClN5O5.C23H17ClN4O4/c1-31(2)24(34)15-38-27(37)20-13-19(8-9-22(20)28)32(3)26(36)18-10-11-33-23(12-18)21(14-30-33)16-4-6-17(7-5-16)25(29)35;1-27(16-6-7-19(24)17(11-16)23(31)32)22(30)15-8-9-28-20(10-15)18(12-26-28)13-2-4-14(5-3-13)21(25)29/h4-14H,15H2,1-3H3,(H2,29,35);2-12H,1H3,(H2,25,29)(H,31,32). The van der Waals surface area contributed by atoms with Crippen LogP contribution in [0.2, 0.25) is 10.0 Å². The van der Waals surface area contributed by atoms with Crippen molar-refractivity contribution >= 4 is 87.1 Å². The van der Waals surface area contributed by atoms with Crippen molar-refractivity contribution < 1.29 is 43.4 Å². The molecule has 0 radical (unpaired) electrons. The van der Waals surface area contributed by atoms with Crippen molar-refractivity contribution in [2.75, 3.05) is 44.6 Å². The molecule has 0 bridgehead atoms. The fourth-order valence-electron chi connectivity index (χ4n) is 7.02. The van der Waals surface area contributed by atoms with Gasteiger partial charge in [-0.05, 0) is 96.1 Å². The normalized spacial score (nSPS) is 10.8. The number of fused-ring (bicyclic) bond motifs is 2. The third-order valence-corrected chi connectivity index (χ3v) is 11.7. The summed E-state index contributed by atoms with van der Waals surface area (Å²) in [5.74, 6) is -4.04. The number of hydrogen-bond donors (Lipinski definition) is 3. The van der Waals surface area contributed by atoms with Crippen LogP contribution in [0, 0.1) is 0 Å². The van der Waals surface area contributed by atoms with Crippen molar-refractivity contribution in [3.05, 3.63) is 177 Å². The Bertz CT molecular complexity index is 3390. The number of carboxylic acids is 1. The van der Waals surface area contributed by atoms with Gasteiger partial charge in [0.2, 0.25) is 11.8 Å². The highest BCUT2D eigenvalue weighted by molar-refractivity contribution is 6.34. The van der Waals surface area contributed by atoms with Crippen LogP contribution in [0.5, 0.6) is 0 Å². The minimum atomic E-state index is -1.18. The molecule has 8 rings (SSSR count). The molecule has 354 valence electrons. The van der Waals surface area contributed by atoms with Crippen molar-refractivity contribution in [3.8, 4) is 22.3 Å². The van der Waals surface area contributed by atoms with Crippen LogP contribution in [0.25, 0.3) is 33.3 Å². The number of rotatable bonds is 12. The summed E-state index contributed by atoms with van der Waals surface area (Å²) in [6.07, 6.45) is 6.68. The molecule has 4 heterocycles. The van der Waals surface area contributed by atoms with Gasteiger partial charge in [0.1, 0.15) is 0 Å². The lowest BCUT2D eigenvalue weighted by Gasteiger charge is -2.19. The molecule has 20 heteroatoms. The fraction of sp³-hybridized carbons (Fsp3) is 0.100. The molecule has 0 spiro atoms. The summed E-state index contributed by atoms with van der Waals surface area (Å²) >= 11 is 12.1. The summed E-state index contributed by atoms with van der Waals surface area (Å²) < 4.78 is 8.35. The monoisotopic (exact) mass is 981 g/mol. The summed E-state index contributed by atoms with van der Waals surface area (Å²) in [6.45, 7) is -0.430. The van der Waals surface area contributed by atoms with Crippen molar-refractivity contribution in [2.24, 2.45) is 11.5 Å². The lowest BCUT2D eigenvalue weighted by molar-refractivity contribution is -0.131. The molecule has 0 aliphatic rings. The third kappa shape index (κ3) is 10.5. The van der Waals surface area contributed by atoms with Crippen molar-refractivity contribution in [2.45, 2.75) is 0 Å². The maximum absolute atomic E-state index is 13.4. The van der Waals surface area contributed by atoms with Crippen LogP contribution in [0.15, 0.2) is 134 Å². The van der Waals surface area contributed by atoms with Gasteiger partial charge in [0.05, 0.1) is 44.6 Å². The van der Waals surface area contributed by atoms with E-state index in [0.717, 1.165) is 22.3 Å². The molecule has 4 aromatic heterocycles. The van der Waals surface area contributed by atoms with E-state index in [4.69, 9.17) is 39.4 Å². The minimum Gasteiger partial charge on any atom is -0.478 e. The molecule has 0 saturated heterocycles. The number of carbonyl (C=O) groups excluding carboxylic acids is 6. The lowest BCUT2D eigenvalue weighted by Crippen LogP contribution is -2.28. The van der Waals surface area contributed by atoms with Gasteiger partial charge in [-0.1, -0.05) is 47.5 Å². The number of esters is 1. The Hall–Kier alpha value is -8.87. The molecule has 8 aromatic rings. The smallest absolute Gasteiger partial charge is 0.340 e. The van der Waals surface area contributed by atoms with Crippen LogP contribution in [0.3, 0.4) is 0 Å². The van der Waals surface area contributed by atoms with E-state index >= 15 is 0 Å². The Labute approximate surface area is 408 Å². The second kappa shape index (κ2) is 20.6. The summed E-state index contributed by atoms with van der Waals surface area (Å²) in [5.41, 5.74) is 17.5. The number of anilines is 2. The van der Waals surface area contributed by atoms with E-state index in [1.807, 2.05) is 0 Å². The molecule has 0 aliphatic heterocycles. The summed E-state index contributed by atoms with van der Waals surface area (Å²) in [6, 6.07) is 29.1. The molecule has 0 aliphatic carbocycles. The van der Waals surface area contributed by atoms with E-state index in [9.17, 15) is 38.7 Å². The number of aromatic nitrogens is 4. The average molecular weight is 983 g/mol. The van der Waals surface area contributed by atoms with Crippen LogP contribution >= 0.6 is 23.2 Å². The maximum atomic E-state index is 13.4. The quantitative estimate of drug-likeness (QED) is 0.105. The number of amides is 5. The molecule has 0 atom stereocenters. The number of benzene rings is 4. The van der Waals surface area contributed by atoms with Crippen molar-refractivity contribution in [3.63, 3.8) is 0 Å². The lowest BCUT2D eigenvalue weighted by atomic mass is 10.0. The molecule has 4 aromatic carbocycles. The number of primary amides is 2. The molecule has 5 N–H and O–H groups in total. The first-order valence-corrected chi connectivity index (χ1v) is 21.6. The number of hydrogen-bond acceptors (Lipinski definition) is 10. The van der Waals surface area contributed by atoms with Crippen LogP contribution in [0.4, 0.5) is 11.4 Å². The highest BCUT2D eigenvalue weighted by Crippen LogP contribution is 2.30. The number of aromatic carboxylic acids is 1. The highest BCUT2D eigenvalue weighted by Gasteiger charge is 2.22. The fourth-order valence-corrected chi connectivity index (χ4v) is 7.41. The molecule has 70 heavy (non-hydrogen) atoms.